The monoisotopic (exact) mass is 390 g/mol. The summed E-state index contributed by atoms with van der Waals surface area (Å²) >= 11 is 0. The number of sulfonamides is 1. The summed E-state index contributed by atoms with van der Waals surface area (Å²) < 4.78 is 32.8. The molecule has 2 aromatic rings. The molecule has 0 unspecified atom stereocenters. The fourth-order valence-electron chi connectivity index (χ4n) is 2.78. The van der Waals surface area contributed by atoms with Crippen molar-refractivity contribution in [1.29, 1.82) is 0 Å². The molecule has 0 aliphatic carbocycles. The molecule has 146 valence electrons. The van der Waals surface area contributed by atoms with Gasteiger partial charge in [-0.15, -0.1) is 0 Å². The molecule has 2 rings (SSSR count). The highest BCUT2D eigenvalue weighted by molar-refractivity contribution is 7.89. The van der Waals surface area contributed by atoms with Crippen LogP contribution in [0.5, 0.6) is 5.75 Å². The van der Waals surface area contributed by atoms with Gasteiger partial charge in [0.1, 0.15) is 5.75 Å². The van der Waals surface area contributed by atoms with Gasteiger partial charge in [0.2, 0.25) is 15.9 Å². The average molecular weight is 391 g/mol. The van der Waals surface area contributed by atoms with Gasteiger partial charge >= 0.3 is 0 Å². The maximum Gasteiger partial charge on any atom is 0.240 e. The van der Waals surface area contributed by atoms with Crippen LogP contribution in [0.3, 0.4) is 0 Å². The molecule has 0 fully saturated rings. The van der Waals surface area contributed by atoms with E-state index in [9.17, 15) is 13.2 Å². The van der Waals surface area contributed by atoms with Gasteiger partial charge in [-0.25, -0.2) is 13.1 Å². The maximum absolute atomic E-state index is 12.6. The van der Waals surface area contributed by atoms with Crippen LogP contribution < -0.4 is 14.4 Å². The third-order valence-electron chi connectivity index (χ3n) is 4.48. The second-order valence-electron chi connectivity index (χ2n) is 6.47. The van der Waals surface area contributed by atoms with Crippen molar-refractivity contribution in [3.05, 3.63) is 53.1 Å². The van der Waals surface area contributed by atoms with Gasteiger partial charge in [-0.05, 0) is 67.8 Å². The van der Waals surface area contributed by atoms with Crippen LogP contribution in [0.4, 0.5) is 5.69 Å². The summed E-state index contributed by atoms with van der Waals surface area (Å²) in [7, 11) is -2.15. The van der Waals surface area contributed by atoms with Gasteiger partial charge in [-0.1, -0.05) is 6.07 Å². The Hall–Kier alpha value is -2.38. The number of rotatable bonds is 7. The molecule has 0 bridgehead atoms. The van der Waals surface area contributed by atoms with Crippen LogP contribution in [0.1, 0.15) is 23.6 Å². The first-order valence-corrected chi connectivity index (χ1v) is 10.1. The Morgan fingerprint density at radius 3 is 2.30 bits per heavy atom. The number of aryl methyl sites for hydroxylation is 3. The van der Waals surface area contributed by atoms with Crippen LogP contribution >= 0.6 is 0 Å². The van der Waals surface area contributed by atoms with Crippen LogP contribution in [0.2, 0.25) is 0 Å². The van der Waals surface area contributed by atoms with Crippen LogP contribution in [-0.2, 0) is 14.8 Å². The van der Waals surface area contributed by atoms with E-state index in [1.807, 2.05) is 32.0 Å². The van der Waals surface area contributed by atoms with Gasteiger partial charge in [0, 0.05) is 25.7 Å². The molecular weight excluding hydrogens is 364 g/mol. The molecule has 1 N–H and O–H groups in total. The smallest absolute Gasteiger partial charge is 0.240 e. The topological polar surface area (TPSA) is 75.7 Å². The fourth-order valence-corrected chi connectivity index (χ4v) is 4.03. The summed E-state index contributed by atoms with van der Waals surface area (Å²) in [6, 6.07) is 10.5. The van der Waals surface area contributed by atoms with Crippen molar-refractivity contribution in [2.45, 2.75) is 32.6 Å². The number of carbonyl (C=O) groups is 1. The van der Waals surface area contributed by atoms with Gasteiger partial charge in [0.15, 0.2) is 0 Å². The second kappa shape index (κ2) is 8.54. The zero-order valence-corrected chi connectivity index (χ0v) is 17.2. The molecule has 6 nitrogen and oxygen atoms in total. The molecule has 0 radical (unpaired) electrons. The highest BCUT2D eigenvalue weighted by Crippen LogP contribution is 2.21. The fraction of sp³-hybridized carbons (Fsp3) is 0.350. The standard InChI is InChI=1S/C20H26N2O4S/c1-14-6-7-18(12-15(14)2)22(17(4)23)11-10-21-27(24,25)20-9-8-19(26-5)13-16(20)3/h6-9,12-13,21H,10-11H2,1-5H3. The Balaban J connectivity index is 2.12. The number of benzene rings is 2. The molecule has 2 aromatic carbocycles. The minimum absolute atomic E-state index is 0.111. The summed E-state index contributed by atoms with van der Waals surface area (Å²) in [5.74, 6) is 0.460. The van der Waals surface area contributed by atoms with Crippen molar-refractivity contribution >= 4 is 21.6 Å². The summed E-state index contributed by atoms with van der Waals surface area (Å²) in [4.78, 5) is 13.8. The second-order valence-corrected chi connectivity index (χ2v) is 8.20. The van der Waals surface area contributed by atoms with E-state index in [0.717, 1.165) is 16.8 Å². The van der Waals surface area contributed by atoms with Crippen molar-refractivity contribution in [1.82, 2.24) is 4.72 Å². The van der Waals surface area contributed by atoms with Crippen molar-refractivity contribution in [3.63, 3.8) is 0 Å². The lowest BCUT2D eigenvalue weighted by atomic mass is 10.1. The minimum Gasteiger partial charge on any atom is -0.497 e. The molecule has 0 aromatic heterocycles. The van der Waals surface area contributed by atoms with Crippen LogP contribution in [-0.4, -0.2) is 34.5 Å². The number of nitrogens with zero attached hydrogens (tertiary/aromatic N) is 1. The van der Waals surface area contributed by atoms with Gasteiger partial charge in [0.05, 0.1) is 12.0 Å². The molecule has 0 saturated carbocycles. The first-order chi connectivity index (χ1) is 12.7. The summed E-state index contributed by atoms with van der Waals surface area (Å²) in [5, 5.41) is 0. The van der Waals surface area contributed by atoms with E-state index < -0.39 is 10.0 Å². The van der Waals surface area contributed by atoms with E-state index in [-0.39, 0.29) is 23.9 Å². The van der Waals surface area contributed by atoms with Crippen molar-refractivity contribution in [2.75, 3.05) is 25.1 Å². The Kier molecular flexibility index (Phi) is 6.62. The lowest BCUT2D eigenvalue weighted by Gasteiger charge is -2.22. The maximum atomic E-state index is 12.6. The van der Waals surface area contributed by atoms with E-state index in [0.29, 0.717) is 11.3 Å². The van der Waals surface area contributed by atoms with Crippen molar-refractivity contribution in [2.24, 2.45) is 0 Å². The lowest BCUT2D eigenvalue weighted by Crippen LogP contribution is -2.37. The predicted molar refractivity (Wildman–Crippen MR) is 107 cm³/mol. The first kappa shape index (κ1) is 20.9. The molecule has 0 spiro atoms. The van der Waals surface area contributed by atoms with Crippen molar-refractivity contribution in [3.8, 4) is 5.75 Å². The predicted octanol–water partition coefficient (Wildman–Crippen LogP) is 2.95. The van der Waals surface area contributed by atoms with Gasteiger partial charge < -0.3 is 9.64 Å². The third kappa shape index (κ3) is 5.08. The zero-order chi connectivity index (χ0) is 20.2. The largest absolute Gasteiger partial charge is 0.497 e. The number of nitrogens with one attached hydrogen (secondary N) is 1. The third-order valence-corrected chi connectivity index (χ3v) is 6.10. The Bertz CT molecular complexity index is 939. The van der Waals surface area contributed by atoms with Gasteiger partial charge in [0.25, 0.3) is 0 Å². The Morgan fingerprint density at radius 1 is 1.04 bits per heavy atom. The molecule has 0 aliphatic rings. The van der Waals surface area contributed by atoms with Crippen LogP contribution in [0.15, 0.2) is 41.3 Å². The van der Waals surface area contributed by atoms with E-state index in [1.54, 1.807) is 24.0 Å². The number of anilines is 1. The Morgan fingerprint density at radius 2 is 1.74 bits per heavy atom. The van der Waals surface area contributed by atoms with Gasteiger partial charge in [-0.2, -0.15) is 0 Å². The number of hydrogen-bond acceptors (Lipinski definition) is 4. The molecule has 0 saturated heterocycles. The van der Waals surface area contributed by atoms with Crippen LogP contribution in [0.25, 0.3) is 0 Å². The number of amides is 1. The summed E-state index contributed by atoms with van der Waals surface area (Å²) in [6.45, 7) is 7.52. The molecule has 0 heterocycles. The molecule has 7 heteroatoms. The minimum atomic E-state index is -3.68. The SMILES string of the molecule is COc1ccc(S(=O)(=O)NCCN(C(C)=O)c2ccc(C)c(C)c2)c(C)c1. The molecule has 0 atom stereocenters. The lowest BCUT2D eigenvalue weighted by molar-refractivity contribution is -0.116. The Labute approximate surface area is 161 Å². The average Bonchev–Trinajstić information content (AvgIpc) is 2.60. The zero-order valence-electron chi connectivity index (χ0n) is 16.4. The molecule has 0 aliphatic heterocycles. The van der Waals surface area contributed by atoms with Gasteiger partial charge in [-0.3, -0.25) is 4.79 Å². The van der Waals surface area contributed by atoms with E-state index >= 15 is 0 Å². The summed E-state index contributed by atoms with van der Waals surface area (Å²) in [6.07, 6.45) is 0. The molecule has 1 amide bonds. The van der Waals surface area contributed by atoms with Crippen LogP contribution in [0, 0.1) is 20.8 Å². The number of carbonyl (C=O) groups excluding carboxylic acids is 1. The quantitative estimate of drug-likeness (QED) is 0.789. The van der Waals surface area contributed by atoms with E-state index in [2.05, 4.69) is 4.72 Å². The number of ether oxygens (including phenoxy) is 1. The van der Waals surface area contributed by atoms with E-state index in [4.69, 9.17) is 4.74 Å². The van der Waals surface area contributed by atoms with E-state index in [1.165, 1.54) is 20.1 Å². The molecular formula is C20H26N2O4S. The number of methoxy groups -OCH3 is 1. The normalized spacial score (nSPS) is 11.3. The van der Waals surface area contributed by atoms with Crippen molar-refractivity contribution < 1.29 is 17.9 Å². The number of hydrogen-bond donors (Lipinski definition) is 1. The molecule has 27 heavy (non-hydrogen) atoms. The highest BCUT2D eigenvalue weighted by atomic mass is 32.2. The first-order valence-electron chi connectivity index (χ1n) is 8.65. The highest BCUT2D eigenvalue weighted by Gasteiger charge is 2.18. The summed E-state index contributed by atoms with van der Waals surface area (Å²) in [5.41, 5.74) is 3.57.